The molecule has 1 aliphatic rings. The third-order valence-electron chi connectivity index (χ3n) is 3.21. The van der Waals surface area contributed by atoms with Crippen LogP contribution in [0.2, 0.25) is 0 Å². The van der Waals surface area contributed by atoms with Crippen molar-refractivity contribution in [3.63, 3.8) is 0 Å². The van der Waals surface area contributed by atoms with Crippen molar-refractivity contribution in [1.29, 1.82) is 0 Å². The lowest BCUT2D eigenvalue weighted by Gasteiger charge is -2.32. The van der Waals surface area contributed by atoms with Crippen LogP contribution in [-0.2, 0) is 9.53 Å². The van der Waals surface area contributed by atoms with E-state index in [1.54, 1.807) is 23.1 Å². The summed E-state index contributed by atoms with van der Waals surface area (Å²) in [5, 5.41) is 11.7. The van der Waals surface area contributed by atoms with Crippen molar-refractivity contribution in [1.82, 2.24) is 10.2 Å². The van der Waals surface area contributed by atoms with Crippen LogP contribution in [0, 0.1) is 0 Å². The number of morpholine rings is 1. The molecule has 1 unspecified atom stereocenters. The Morgan fingerprint density at radius 1 is 1.43 bits per heavy atom. The van der Waals surface area contributed by atoms with Crippen molar-refractivity contribution in [2.45, 2.75) is 6.10 Å². The Kier molecular flexibility index (Phi) is 5.72. The number of aliphatic hydroxyl groups is 1. The van der Waals surface area contributed by atoms with Gasteiger partial charge in [-0.1, -0.05) is 12.1 Å². The number of hydrogen-bond acceptors (Lipinski definition) is 4. The van der Waals surface area contributed by atoms with Crippen LogP contribution in [0.4, 0.5) is 0 Å². The first kappa shape index (κ1) is 15.9. The summed E-state index contributed by atoms with van der Waals surface area (Å²) < 4.78 is 5.96. The van der Waals surface area contributed by atoms with Crippen molar-refractivity contribution in [3.05, 3.63) is 34.3 Å². The first-order valence-electron chi connectivity index (χ1n) is 6.64. The topological polar surface area (TPSA) is 78.9 Å². The number of hydrogen-bond donors (Lipinski definition) is 2. The molecule has 1 aliphatic heterocycles. The highest BCUT2D eigenvalue weighted by Crippen LogP contribution is 2.15. The van der Waals surface area contributed by atoms with E-state index in [1.165, 1.54) is 0 Å². The summed E-state index contributed by atoms with van der Waals surface area (Å²) in [6.07, 6.45) is -0.346. The number of amides is 2. The van der Waals surface area contributed by atoms with Crippen LogP contribution in [0.25, 0.3) is 0 Å². The molecule has 2 N–H and O–H groups in total. The van der Waals surface area contributed by atoms with Gasteiger partial charge in [-0.15, -0.1) is 0 Å². The summed E-state index contributed by atoms with van der Waals surface area (Å²) in [7, 11) is 0. The molecule has 114 valence electrons. The average Bonchev–Trinajstić information content (AvgIpc) is 2.52. The Morgan fingerprint density at radius 2 is 2.19 bits per heavy atom. The van der Waals surface area contributed by atoms with Gasteiger partial charge in [-0.3, -0.25) is 9.59 Å². The summed E-state index contributed by atoms with van der Waals surface area (Å²) in [5.41, 5.74) is 0.487. The second-order valence-electron chi connectivity index (χ2n) is 4.68. The molecule has 1 atom stereocenters. The Labute approximate surface area is 131 Å². The molecule has 7 heteroatoms. The summed E-state index contributed by atoms with van der Waals surface area (Å²) in [5.74, 6) is -0.486. The SMILES string of the molecule is O=C(NCC(=O)N1CCOC(CO)C1)c1ccccc1Br. The second-order valence-corrected chi connectivity index (χ2v) is 5.53. The maximum absolute atomic E-state index is 12.0. The van der Waals surface area contributed by atoms with Gasteiger partial charge in [-0.05, 0) is 28.1 Å². The van der Waals surface area contributed by atoms with Crippen LogP contribution in [0.3, 0.4) is 0 Å². The first-order valence-corrected chi connectivity index (χ1v) is 7.44. The summed E-state index contributed by atoms with van der Waals surface area (Å²) >= 11 is 3.30. The largest absolute Gasteiger partial charge is 0.394 e. The first-order chi connectivity index (χ1) is 10.1. The summed E-state index contributed by atoms with van der Waals surface area (Å²) in [6.45, 7) is 1.03. The predicted octanol–water partition coefficient (Wildman–Crippen LogP) is 0.399. The lowest BCUT2D eigenvalue weighted by Crippen LogP contribution is -2.49. The number of halogens is 1. The van der Waals surface area contributed by atoms with Crippen LogP contribution in [-0.4, -0.2) is 60.8 Å². The number of nitrogens with zero attached hydrogens (tertiary/aromatic N) is 1. The number of nitrogens with one attached hydrogen (secondary N) is 1. The highest BCUT2D eigenvalue weighted by Gasteiger charge is 2.23. The molecule has 2 amide bonds. The molecule has 6 nitrogen and oxygen atoms in total. The van der Waals surface area contributed by atoms with Crippen molar-refractivity contribution in [3.8, 4) is 0 Å². The molecule has 1 fully saturated rings. The van der Waals surface area contributed by atoms with E-state index in [4.69, 9.17) is 9.84 Å². The third-order valence-corrected chi connectivity index (χ3v) is 3.91. The minimum Gasteiger partial charge on any atom is -0.394 e. The molecule has 21 heavy (non-hydrogen) atoms. The molecular formula is C14H17BrN2O4. The van der Waals surface area contributed by atoms with Crippen LogP contribution in [0.15, 0.2) is 28.7 Å². The Morgan fingerprint density at radius 3 is 2.90 bits per heavy atom. The van der Waals surface area contributed by atoms with Crippen LogP contribution >= 0.6 is 15.9 Å². The standard InChI is InChI=1S/C14H17BrN2O4/c15-12-4-2-1-3-11(12)14(20)16-7-13(19)17-5-6-21-10(8-17)9-18/h1-4,10,18H,5-9H2,(H,16,20). The fourth-order valence-corrected chi connectivity index (χ4v) is 2.53. The van der Waals surface area contributed by atoms with Gasteiger partial charge in [0.05, 0.1) is 31.4 Å². The molecule has 1 aromatic carbocycles. The van der Waals surface area contributed by atoms with E-state index in [0.29, 0.717) is 29.7 Å². The number of carbonyl (C=O) groups is 2. The molecule has 0 aromatic heterocycles. The third kappa shape index (κ3) is 4.26. The van der Waals surface area contributed by atoms with Gasteiger partial charge < -0.3 is 20.1 Å². The minimum atomic E-state index is -0.346. The zero-order chi connectivity index (χ0) is 15.2. The molecule has 1 heterocycles. The van der Waals surface area contributed by atoms with E-state index in [2.05, 4.69) is 21.2 Å². The maximum atomic E-state index is 12.0. The van der Waals surface area contributed by atoms with Crippen LogP contribution < -0.4 is 5.32 Å². The number of aliphatic hydroxyl groups excluding tert-OH is 1. The molecule has 0 aliphatic carbocycles. The molecule has 1 aromatic rings. The van der Waals surface area contributed by atoms with Crippen molar-refractivity contribution >= 4 is 27.7 Å². The van der Waals surface area contributed by atoms with Crippen molar-refractivity contribution in [2.75, 3.05) is 32.8 Å². The fraction of sp³-hybridized carbons (Fsp3) is 0.429. The van der Waals surface area contributed by atoms with Gasteiger partial charge in [0, 0.05) is 17.6 Å². The number of ether oxygens (including phenoxy) is 1. The highest BCUT2D eigenvalue weighted by atomic mass is 79.9. The van der Waals surface area contributed by atoms with Gasteiger partial charge in [0.15, 0.2) is 0 Å². The normalized spacial score (nSPS) is 18.4. The van der Waals surface area contributed by atoms with Gasteiger partial charge in [-0.2, -0.15) is 0 Å². The molecule has 0 saturated carbocycles. The minimum absolute atomic E-state index is 0.0711. The molecule has 0 spiro atoms. The Balaban J connectivity index is 1.86. The molecule has 0 radical (unpaired) electrons. The lowest BCUT2D eigenvalue weighted by molar-refractivity contribution is -0.139. The van der Waals surface area contributed by atoms with Gasteiger partial charge >= 0.3 is 0 Å². The van der Waals surface area contributed by atoms with E-state index in [9.17, 15) is 9.59 Å². The van der Waals surface area contributed by atoms with Crippen molar-refractivity contribution < 1.29 is 19.4 Å². The number of carbonyl (C=O) groups excluding carboxylic acids is 2. The zero-order valence-electron chi connectivity index (χ0n) is 11.4. The quantitative estimate of drug-likeness (QED) is 0.818. The highest BCUT2D eigenvalue weighted by molar-refractivity contribution is 9.10. The number of rotatable bonds is 4. The van der Waals surface area contributed by atoms with E-state index < -0.39 is 0 Å². The monoisotopic (exact) mass is 356 g/mol. The molecule has 1 saturated heterocycles. The van der Waals surface area contributed by atoms with Crippen LogP contribution in [0.1, 0.15) is 10.4 Å². The summed E-state index contributed by atoms with van der Waals surface area (Å²) in [4.78, 5) is 25.6. The summed E-state index contributed by atoms with van der Waals surface area (Å²) in [6, 6.07) is 7.02. The fourth-order valence-electron chi connectivity index (χ4n) is 2.06. The van der Waals surface area contributed by atoms with Gasteiger partial charge in [0.25, 0.3) is 5.91 Å². The Hall–Kier alpha value is -1.44. The lowest BCUT2D eigenvalue weighted by atomic mass is 10.2. The van der Waals surface area contributed by atoms with Gasteiger partial charge in [0.1, 0.15) is 0 Å². The molecule has 0 bridgehead atoms. The van der Waals surface area contributed by atoms with E-state index >= 15 is 0 Å². The van der Waals surface area contributed by atoms with E-state index in [1.807, 2.05) is 6.07 Å². The molecular weight excluding hydrogens is 340 g/mol. The van der Waals surface area contributed by atoms with Crippen LogP contribution in [0.5, 0.6) is 0 Å². The number of benzene rings is 1. The van der Waals surface area contributed by atoms with E-state index in [0.717, 1.165) is 0 Å². The van der Waals surface area contributed by atoms with Gasteiger partial charge in [0.2, 0.25) is 5.91 Å². The zero-order valence-corrected chi connectivity index (χ0v) is 13.0. The molecule has 2 rings (SSSR count). The van der Waals surface area contributed by atoms with E-state index in [-0.39, 0.29) is 31.1 Å². The maximum Gasteiger partial charge on any atom is 0.252 e. The smallest absolute Gasteiger partial charge is 0.252 e. The second kappa shape index (κ2) is 7.53. The Bertz CT molecular complexity index is 523. The van der Waals surface area contributed by atoms with Crippen molar-refractivity contribution in [2.24, 2.45) is 0 Å². The predicted molar refractivity (Wildman–Crippen MR) is 79.9 cm³/mol. The van der Waals surface area contributed by atoms with Gasteiger partial charge in [-0.25, -0.2) is 0 Å². The average molecular weight is 357 g/mol.